The van der Waals surface area contributed by atoms with E-state index in [1.807, 2.05) is 0 Å². The zero-order valence-electron chi connectivity index (χ0n) is 7.19. The minimum Gasteiger partial charge on any atom is -0.247 e. The molecule has 0 aromatic heterocycles. The predicted octanol–water partition coefficient (Wildman–Crippen LogP) is 0.155. The number of hydrogen-bond acceptors (Lipinski definition) is 2. The van der Waals surface area contributed by atoms with Crippen LogP contribution < -0.4 is 5.14 Å². The summed E-state index contributed by atoms with van der Waals surface area (Å²) in [6, 6.07) is -0.382. The summed E-state index contributed by atoms with van der Waals surface area (Å²) >= 11 is 0. The molecular formula is C7H13FN2O2S. The van der Waals surface area contributed by atoms with Crippen LogP contribution in [0.3, 0.4) is 0 Å². The van der Waals surface area contributed by atoms with Crippen LogP contribution in [0.15, 0.2) is 0 Å². The molecule has 2 aliphatic rings. The van der Waals surface area contributed by atoms with Gasteiger partial charge in [-0.25, -0.2) is 9.53 Å². The van der Waals surface area contributed by atoms with Crippen molar-refractivity contribution in [3.63, 3.8) is 0 Å². The molecule has 0 aromatic carbocycles. The van der Waals surface area contributed by atoms with Crippen LogP contribution in [0.2, 0.25) is 0 Å². The fourth-order valence-corrected chi connectivity index (χ4v) is 3.70. The zero-order chi connectivity index (χ0) is 9.64. The van der Waals surface area contributed by atoms with E-state index in [0.29, 0.717) is 12.8 Å². The number of nitrogens with two attached hydrogens (primary N) is 1. The molecule has 76 valence electrons. The van der Waals surface area contributed by atoms with Crippen molar-refractivity contribution in [2.75, 3.05) is 0 Å². The second kappa shape index (κ2) is 2.90. The largest absolute Gasteiger partial charge is 0.277 e. The van der Waals surface area contributed by atoms with Crippen molar-refractivity contribution < 1.29 is 12.8 Å². The summed E-state index contributed by atoms with van der Waals surface area (Å²) in [4.78, 5) is 0. The Morgan fingerprint density at radius 2 is 1.69 bits per heavy atom. The van der Waals surface area contributed by atoms with Crippen LogP contribution in [0.5, 0.6) is 0 Å². The Morgan fingerprint density at radius 3 is 2.08 bits per heavy atom. The molecule has 6 heteroatoms. The second-order valence-electron chi connectivity index (χ2n) is 3.83. The normalized spacial score (nSPS) is 40.9. The van der Waals surface area contributed by atoms with E-state index in [4.69, 9.17) is 5.14 Å². The van der Waals surface area contributed by atoms with Gasteiger partial charge >= 0.3 is 0 Å². The molecule has 2 saturated heterocycles. The van der Waals surface area contributed by atoms with Gasteiger partial charge in [0.1, 0.15) is 6.17 Å². The van der Waals surface area contributed by atoms with E-state index in [1.54, 1.807) is 0 Å². The average Bonchev–Trinajstić information content (AvgIpc) is 2.23. The zero-order valence-corrected chi connectivity index (χ0v) is 8.00. The molecule has 0 saturated carbocycles. The lowest BCUT2D eigenvalue weighted by Gasteiger charge is -2.33. The van der Waals surface area contributed by atoms with E-state index in [-0.39, 0.29) is 12.1 Å². The van der Waals surface area contributed by atoms with Gasteiger partial charge in [0.2, 0.25) is 0 Å². The minimum absolute atomic E-state index is 0.191. The monoisotopic (exact) mass is 208 g/mol. The maximum absolute atomic E-state index is 13.0. The molecule has 0 aliphatic carbocycles. The quantitative estimate of drug-likeness (QED) is 0.667. The van der Waals surface area contributed by atoms with Gasteiger partial charge in [-0.2, -0.15) is 12.7 Å². The van der Waals surface area contributed by atoms with Gasteiger partial charge in [0.05, 0.1) is 0 Å². The van der Waals surface area contributed by atoms with Gasteiger partial charge in [0, 0.05) is 12.1 Å². The topological polar surface area (TPSA) is 63.4 Å². The smallest absolute Gasteiger partial charge is 0.247 e. The highest BCUT2D eigenvalue weighted by Crippen LogP contribution is 2.37. The highest BCUT2D eigenvalue weighted by atomic mass is 32.2. The Hall–Kier alpha value is -0.200. The summed E-state index contributed by atoms with van der Waals surface area (Å²) in [5.74, 6) is 0. The Morgan fingerprint density at radius 1 is 1.23 bits per heavy atom. The number of fused-ring (bicyclic) bond motifs is 2. The first kappa shape index (κ1) is 9.36. The molecule has 0 amide bonds. The van der Waals surface area contributed by atoms with Crippen LogP contribution in [-0.4, -0.2) is 31.0 Å². The Bertz CT molecular complexity index is 292. The third-order valence-electron chi connectivity index (χ3n) is 2.90. The summed E-state index contributed by atoms with van der Waals surface area (Å²) in [5.41, 5.74) is 0. The predicted molar refractivity (Wildman–Crippen MR) is 45.9 cm³/mol. The number of hydrogen-bond donors (Lipinski definition) is 1. The molecule has 0 spiro atoms. The molecule has 2 atom stereocenters. The van der Waals surface area contributed by atoms with Crippen LogP contribution in [0.25, 0.3) is 0 Å². The van der Waals surface area contributed by atoms with E-state index >= 15 is 0 Å². The van der Waals surface area contributed by atoms with Gasteiger partial charge < -0.3 is 0 Å². The number of alkyl halides is 1. The third-order valence-corrected chi connectivity index (χ3v) is 4.09. The highest BCUT2D eigenvalue weighted by Gasteiger charge is 2.45. The molecule has 4 nitrogen and oxygen atoms in total. The summed E-state index contributed by atoms with van der Waals surface area (Å²) < 4.78 is 36.6. The molecular weight excluding hydrogens is 195 g/mol. The summed E-state index contributed by atoms with van der Waals surface area (Å²) in [5, 5.41) is 5.05. The first-order valence-electron chi connectivity index (χ1n) is 4.44. The fourth-order valence-electron chi connectivity index (χ4n) is 2.48. The number of halogens is 1. The maximum Gasteiger partial charge on any atom is 0.277 e. The van der Waals surface area contributed by atoms with E-state index in [2.05, 4.69) is 0 Å². The van der Waals surface area contributed by atoms with Crippen LogP contribution in [0.4, 0.5) is 4.39 Å². The minimum atomic E-state index is -3.62. The fraction of sp³-hybridized carbons (Fsp3) is 1.00. The van der Waals surface area contributed by atoms with Crippen molar-refractivity contribution in [1.82, 2.24) is 4.31 Å². The van der Waals surface area contributed by atoms with Crippen molar-refractivity contribution in [2.24, 2.45) is 5.14 Å². The van der Waals surface area contributed by atoms with Crippen LogP contribution >= 0.6 is 0 Å². The maximum atomic E-state index is 13.0. The van der Waals surface area contributed by atoms with Crippen molar-refractivity contribution >= 4 is 10.2 Å². The van der Waals surface area contributed by atoms with Crippen LogP contribution in [0.1, 0.15) is 25.7 Å². The van der Waals surface area contributed by atoms with Gasteiger partial charge in [-0.15, -0.1) is 0 Å². The van der Waals surface area contributed by atoms with Crippen LogP contribution in [0, 0.1) is 0 Å². The molecule has 0 aromatic rings. The molecule has 2 N–H and O–H groups in total. The van der Waals surface area contributed by atoms with Gasteiger partial charge in [-0.1, -0.05) is 0 Å². The first-order valence-corrected chi connectivity index (χ1v) is 5.94. The molecule has 13 heavy (non-hydrogen) atoms. The van der Waals surface area contributed by atoms with Gasteiger partial charge in [0.15, 0.2) is 0 Å². The Labute approximate surface area is 77.1 Å². The summed E-state index contributed by atoms with van der Waals surface area (Å²) in [7, 11) is -3.62. The van der Waals surface area contributed by atoms with Gasteiger partial charge in [-0.3, -0.25) is 0 Å². The number of piperidine rings is 1. The van der Waals surface area contributed by atoms with Crippen molar-refractivity contribution in [2.45, 2.75) is 43.9 Å². The van der Waals surface area contributed by atoms with Crippen molar-refractivity contribution in [1.29, 1.82) is 0 Å². The standard InChI is InChI=1S/C7H13FN2O2S/c8-5-3-6-1-2-7(4-5)10(6)13(9,11)12/h5-7H,1-4H2,(H2,9,11,12). The van der Waals surface area contributed by atoms with Crippen molar-refractivity contribution in [3.8, 4) is 0 Å². The van der Waals surface area contributed by atoms with E-state index < -0.39 is 16.4 Å². The Kier molecular flexibility index (Phi) is 2.08. The summed E-state index contributed by atoms with van der Waals surface area (Å²) in [6.07, 6.45) is 1.28. The highest BCUT2D eigenvalue weighted by molar-refractivity contribution is 7.86. The lowest BCUT2D eigenvalue weighted by Crippen LogP contribution is -2.49. The molecule has 2 bridgehead atoms. The lowest BCUT2D eigenvalue weighted by atomic mass is 10.0. The van der Waals surface area contributed by atoms with Gasteiger partial charge in [-0.05, 0) is 25.7 Å². The number of rotatable bonds is 1. The van der Waals surface area contributed by atoms with E-state index in [9.17, 15) is 12.8 Å². The number of nitrogens with zero attached hydrogens (tertiary/aromatic N) is 1. The Balaban J connectivity index is 2.25. The SMILES string of the molecule is NS(=O)(=O)N1C2CCC1CC(F)C2. The summed E-state index contributed by atoms with van der Waals surface area (Å²) in [6.45, 7) is 0. The van der Waals surface area contributed by atoms with E-state index in [0.717, 1.165) is 12.8 Å². The molecule has 2 aliphatic heterocycles. The van der Waals surface area contributed by atoms with Gasteiger partial charge in [0.25, 0.3) is 10.2 Å². The molecule has 2 rings (SSSR count). The van der Waals surface area contributed by atoms with Crippen molar-refractivity contribution in [3.05, 3.63) is 0 Å². The molecule has 0 radical (unpaired) electrons. The first-order chi connectivity index (χ1) is 5.98. The van der Waals surface area contributed by atoms with Crippen LogP contribution in [-0.2, 0) is 10.2 Å². The third kappa shape index (κ3) is 1.58. The lowest BCUT2D eigenvalue weighted by molar-refractivity contribution is 0.150. The molecule has 2 heterocycles. The van der Waals surface area contributed by atoms with E-state index in [1.165, 1.54) is 4.31 Å². The second-order valence-corrected chi connectivity index (χ2v) is 5.28. The molecule has 2 fully saturated rings. The average molecular weight is 208 g/mol. The molecule has 2 unspecified atom stereocenters.